The zero-order valence-electron chi connectivity index (χ0n) is 21.5. The summed E-state index contributed by atoms with van der Waals surface area (Å²) in [5, 5.41) is 31.5. The minimum Gasteiger partial charge on any atom is -0.447 e. The average Bonchev–Trinajstić information content (AvgIpc) is 3.26. The largest absolute Gasteiger partial charge is 0.475 e. The molecule has 2 amide bonds. The summed E-state index contributed by atoms with van der Waals surface area (Å²) in [6.07, 6.45) is 0.349. The highest BCUT2D eigenvalue weighted by Crippen LogP contribution is 2.33. The number of amides is 2. The number of rotatable bonds is 9. The van der Waals surface area contributed by atoms with Crippen LogP contribution in [0.5, 0.6) is 0 Å². The molecule has 0 radical (unpaired) electrons. The van der Waals surface area contributed by atoms with Gasteiger partial charge in [-0.05, 0) is 31.9 Å². The van der Waals surface area contributed by atoms with Crippen molar-refractivity contribution in [3.05, 3.63) is 47.5 Å². The number of hydrogen-bond donors (Lipinski definition) is 3. The highest BCUT2D eigenvalue weighted by molar-refractivity contribution is 6.43. The summed E-state index contributed by atoms with van der Waals surface area (Å²) in [4.78, 5) is 28.6. The maximum absolute atomic E-state index is 13.7. The molecule has 3 N–H and O–H groups in total. The first kappa shape index (κ1) is 29.5. The number of alkyl carbamates (subject to hydrolysis) is 1. The Labute approximate surface area is 220 Å². The van der Waals surface area contributed by atoms with Crippen LogP contribution in [0.15, 0.2) is 42.0 Å². The summed E-state index contributed by atoms with van der Waals surface area (Å²) >= 11 is 0. The minimum atomic E-state index is -2.82. The van der Waals surface area contributed by atoms with Gasteiger partial charge in [-0.3, -0.25) is 9.69 Å². The summed E-state index contributed by atoms with van der Waals surface area (Å²) in [7, 11) is -1.83. The van der Waals surface area contributed by atoms with Crippen molar-refractivity contribution >= 4 is 19.1 Å². The standard InChI is InChI=1S/C25H33BF2N4O6/c1-24(2,31-9-8-25(27,28)17-31)13-19(14-29)22(33)32-10-11-37-15-20(32)16-38-23(34)30-21(26(35)36)12-18-6-4-3-5-7-18/h3-7,13,20-21,35-36H,8-12,15-17H2,1-2H3,(H,30,34)/t20-,21?/m1/s1. The molecular weight excluding hydrogens is 501 g/mol. The monoisotopic (exact) mass is 534 g/mol. The molecule has 1 aromatic rings. The molecule has 2 aliphatic rings. The van der Waals surface area contributed by atoms with Crippen molar-refractivity contribution in [2.75, 3.05) is 39.5 Å². The molecule has 0 saturated carbocycles. The van der Waals surface area contributed by atoms with E-state index >= 15 is 0 Å². The number of hydrogen-bond acceptors (Lipinski definition) is 8. The van der Waals surface area contributed by atoms with Crippen molar-refractivity contribution in [3.63, 3.8) is 0 Å². The van der Waals surface area contributed by atoms with Crippen LogP contribution in [-0.2, 0) is 20.7 Å². The zero-order chi connectivity index (χ0) is 27.9. The molecule has 13 heteroatoms. The Balaban J connectivity index is 1.63. The second-order valence-electron chi connectivity index (χ2n) is 10.0. The lowest BCUT2D eigenvalue weighted by Gasteiger charge is -2.36. The Morgan fingerprint density at radius 3 is 2.66 bits per heavy atom. The van der Waals surface area contributed by atoms with E-state index in [1.807, 2.05) is 12.1 Å². The van der Waals surface area contributed by atoms with Crippen molar-refractivity contribution in [2.24, 2.45) is 0 Å². The van der Waals surface area contributed by atoms with Crippen molar-refractivity contribution in [3.8, 4) is 6.07 Å². The number of nitriles is 1. The number of nitrogens with zero attached hydrogens (tertiary/aromatic N) is 3. The molecule has 2 heterocycles. The molecule has 3 rings (SSSR count). The SMILES string of the molecule is CC(C)(C=C(C#N)C(=O)N1CCOC[C@@H]1COC(=O)NC(Cc1ccccc1)B(O)O)N1CCC(F)(F)C1. The molecule has 0 aliphatic carbocycles. The predicted octanol–water partition coefficient (Wildman–Crippen LogP) is 1.13. The Hall–Kier alpha value is -3.05. The average molecular weight is 534 g/mol. The first-order chi connectivity index (χ1) is 17.9. The molecule has 0 spiro atoms. The van der Waals surface area contributed by atoms with E-state index in [0.717, 1.165) is 5.56 Å². The second kappa shape index (κ2) is 12.7. The first-order valence-electron chi connectivity index (χ1n) is 12.4. The third kappa shape index (κ3) is 7.98. The number of halogens is 2. The fourth-order valence-electron chi connectivity index (χ4n) is 4.49. The number of nitrogens with one attached hydrogen (secondary N) is 1. The Kier molecular flexibility index (Phi) is 9.84. The number of benzene rings is 1. The molecule has 0 bridgehead atoms. The van der Waals surface area contributed by atoms with Crippen molar-refractivity contribution < 1.29 is 37.9 Å². The van der Waals surface area contributed by atoms with Gasteiger partial charge in [-0.1, -0.05) is 30.3 Å². The van der Waals surface area contributed by atoms with Crippen LogP contribution in [0.3, 0.4) is 0 Å². The normalized spacial score (nSPS) is 20.9. The highest BCUT2D eigenvalue weighted by atomic mass is 19.3. The summed E-state index contributed by atoms with van der Waals surface area (Å²) < 4.78 is 38.2. The van der Waals surface area contributed by atoms with Crippen LogP contribution in [-0.4, -0.2) is 102 Å². The van der Waals surface area contributed by atoms with Crippen LogP contribution in [0.4, 0.5) is 13.6 Å². The van der Waals surface area contributed by atoms with Gasteiger partial charge in [0, 0.05) is 25.0 Å². The lowest BCUT2D eigenvalue weighted by molar-refractivity contribution is -0.137. The van der Waals surface area contributed by atoms with Crippen LogP contribution in [0.2, 0.25) is 0 Å². The van der Waals surface area contributed by atoms with E-state index < -0.39 is 49.1 Å². The molecule has 10 nitrogen and oxygen atoms in total. The van der Waals surface area contributed by atoms with Crippen LogP contribution in [0.1, 0.15) is 25.8 Å². The summed E-state index contributed by atoms with van der Waals surface area (Å²) in [6, 6.07) is 10.1. The Morgan fingerprint density at radius 2 is 2.05 bits per heavy atom. The number of alkyl halides is 2. The number of carbonyl (C=O) groups is 2. The predicted molar refractivity (Wildman–Crippen MR) is 134 cm³/mol. The van der Waals surface area contributed by atoms with Gasteiger partial charge in [0.05, 0.1) is 31.7 Å². The molecule has 1 aromatic carbocycles. The summed E-state index contributed by atoms with van der Waals surface area (Å²) in [5.41, 5.74) is -0.384. The first-order valence-corrected chi connectivity index (χ1v) is 12.4. The van der Waals surface area contributed by atoms with E-state index in [9.17, 15) is 33.7 Å². The van der Waals surface area contributed by atoms with E-state index in [1.54, 1.807) is 38.1 Å². The molecule has 2 aliphatic heterocycles. The third-order valence-corrected chi connectivity index (χ3v) is 6.69. The van der Waals surface area contributed by atoms with Gasteiger partial charge in [0.15, 0.2) is 0 Å². The Morgan fingerprint density at radius 1 is 1.34 bits per heavy atom. The summed E-state index contributed by atoms with van der Waals surface area (Å²) in [5.74, 6) is -4.46. The summed E-state index contributed by atoms with van der Waals surface area (Å²) in [6.45, 7) is 3.16. The fourth-order valence-corrected chi connectivity index (χ4v) is 4.49. The molecule has 0 aromatic heterocycles. The van der Waals surface area contributed by atoms with Crippen LogP contribution < -0.4 is 5.32 Å². The molecular formula is C25H33BF2N4O6. The number of morpholine rings is 1. The number of likely N-dealkylation sites (tertiary alicyclic amines) is 1. The topological polar surface area (TPSA) is 135 Å². The number of ether oxygens (including phenoxy) is 2. The van der Waals surface area contributed by atoms with Gasteiger partial charge in [0.25, 0.3) is 11.8 Å². The van der Waals surface area contributed by atoms with E-state index in [2.05, 4.69) is 5.32 Å². The molecule has 38 heavy (non-hydrogen) atoms. The van der Waals surface area contributed by atoms with Gasteiger partial charge in [-0.2, -0.15) is 5.26 Å². The maximum Gasteiger partial charge on any atom is 0.475 e. The number of carbonyl (C=O) groups excluding carboxylic acids is 2. The lowest BCUT2D eigenvalue weighted by atomic mass is 9.76. The highest BCUT2D eigenvalue weighted by Gasteiger charge is 2.43. The molecule has 206 valence electrons. The van der Waals surface area contributed by atoms with Gasteiger partial charge < -0.3 is 29.7 Å². The zero-order valence-corrected chi connectivity index (χ0v) is 21.5. The van der Waals surface area contributed by atoms with Crippen molar-refractivity contribution in [1.29, 1.82) is 5.26 Å². The van der Waals surface area contributed by atoms with E-state index in [0.29, 0.717) is 0 Å². The van der Waals surface area contributed by atoms with Gasteiger partial charge >= 0.3 is 13.2 Å². The quantitative estimate of drug-likeness (QED) is 0.244. The lowest BCUT2D eigenvalue weighted by Crippen LogP contribution is -2.53. The molecule has 2 fully saturated rings. The van der Waals surface area contributed by atoms with E-state index in [1.165, 1.54) is 15.9 Å². The maximum atomic E-state index is 13.7. The molecule has 2 atom stereocenters. The smallest absolute Gasteiger partial charge is 0.447 e. The van der Waals surface area contributed by atoms with E-state index in [4.69, 9.17) is 9.47 Å². The minimum absolute atomic E-state index is 0.0511. The van der Waals surface area contributed by atoms with Gasteiger partial charge in [-0.25, -0.2) is 13.6 Å². The van der Waals surface area contributed by atoms with Crippen LogP contribution >= 0.6 is 0 Å². The molecule has 2 saturated heterocycles. The Bertz CT molecular complexity index is 1050. The third-order valence-electron chi connectivity index (χ3n) is 6.69. The second-order valence-corrected chi connectivity index (χ2v) is 10.0. The van der Waals surface area contributed by atoms with Gasteiger partial charge in [0.2, 0.25) is 0 Å². The van der Waals surface area contributed by atoms with Crippen LogP contribution in [0, 0.1) is 11.3 Å². The fraction of sp³-hybridized carbons (Fsp3) is 0.560. The van der Waals surface area contributed by atoms with Gasteiger partial charge in [0.1, 0.15) is 18.2 Å². The van der Waals surface area contributed by atoms with Crippen molar-refractivity contribution in [1.82, 2.24) is 15.1 Å². The van der Waals surface area contributed by atoms with Gasteiger partial charge in [-0.15, -0.1) is 0 Å². The van der Waals surface area contributed by atoms with Crippen LogP contribution in [0.25, 0.3) is 0 Å². The molecule has 1 unspecified atom stereocenters. The van der Waals surface area contributed by atoms with E-state index in [-0.39, 0.29) is 51.3 Å². The van der Waals surface area contributed by atoms with Crippen molar-refractivity contribution in [2.45, 2.75) is 50.1 Å².